The molecule has 0 saturated carbocycles. The fourth-order valence-electron chi connectivity index (χ4n) is 4.29. The monoisotopic (exact) mass is 542 g/mol. The molecule has 1 aromatic heterocycles. The highest BCUT2D eigenvalue weighted by Crippen LogP contribution is 2.29. The number of benzene rings is 4. The number of hydrogen-bond acceptors (Lipinski definition) is 6. The van der Waals surface area contributed by atoms with E-state index in [9.17, 15) is 12.8 Å². The zero-order valence-corrected chi connectivity index (χ0v) is 22.3. The molecular formula is C30H27FN4O3S. The van der Waals surface area contributed by atoms with Gasteiger partial charge in [0.25, 0.3) is 0 Å². The van der Waals surface area contributed by atoms with E-state index in [1.807, 2.05) is 48.5 Å². The van der Waals surface area contributed by atoms with Crippen LogP contribution < -0.4 is 10.1 Å². The van der Waals surface area contributed by atoms with Crippen molar-refractivity contribution in [3.05, 3.63) is 114 Å². The van der Waals surface area contributed by atoms with Gasteiger partial charge < -0.3 is 10.1 Å². The zero-order chi connectivity index (χ0) is 27.4. The Morgan fingerprint density at radius 3 is 2.36 bits per heavy atom. The summed E-state index contributed by atoms with van der Waals surface area (Å²) in [5.41, 5.74) is 3.75. The van der Waals surface area contributed by atoms with E-state index >= 15 is 0 Å². The minimum Gasteiger partial charge on any atom is -0.497 e. The molecule has 0 aliphatic rings. The molecule has 1 heterocycles. The minimum absolute atomic E-state index is 0.104. The Hall–Kier alpha value is -4.34. The van der Waals surface area contributed by atoms with Crippen LogP contribution in [0.5, 0.6) is 5.75 Å². The Bertz CT molecular complexity index is 1710. The Labute approximate surface area is 227 Å². The van der Waals surface area contributed by atoms with Crippen molar-refractivity contribution in [1.29, 1.82) is 0 Å². The molecule has 0 atom stereocenters. The molecule has 0 radical (unpaired) electrons. The second kappa shape index (κ2) is 11.2. The van der Waals surface area contributed by atoms with E-state index in [1.165, 1.54) is 38.7 Å². The number of nitrogens with zero attached hydrogens (tertiary/aromatic N) is 3. The fraction of sp³-hybridized carbons (Fsp3) is 0.133. The normalized spacial score (nSPS) is 11.6. The van der Waals surface area contributed by atoms with Gasteiger partial charge >= 0.3 is 0 Å². The smallest absolute Gasteiger partial charge is 0.243 e. The molecule has 9 heteroatoms. The summed E-state index contributed by atoms with van der Waals surface area (Å²) >= 11 is 0. The van der Waals surface area contributed by atoms with Crippen molar-refractivity contribution in [3.63, 3.8) is 0 Å². The van der Waals surface area contributed by atoms with Crippen molar-refractivity contribution in [2.24, 2.45) is 0 Å². The third-order valence-corrected chi connectivity index (χ3v) is 8.30. The van der Waals surface area contributed by atoms with Gasteiger partial charge in [0.15, 0.2) is 0 Å². The van der Waals surface area contributed by atoms with E-state index in [1.54, 1.807) is 24.3 Å². The summed E-state index contributed by atoms with van der Waals surface area (Å²) in [7, 11) is -0.890. The minimum atomic E-state index is -3.83. The van der Waals surface area contributed by atoms with E-state index in [-0.39, 0.29) is 17.0 Å². The topological polar surface area (TPSA) is 84.4 Å². The molecule has 0 spiro atoms. The number of hydrogen-bond donors (Lipinski definition) is 1. The summed E-state index contributed by atoms with van der Waals surface area (Å²) in [6.07, 6.45) is 1.52. The van der Waals surface area contributed by atoms with Gasteiger partial charge in [0.2, 0.25) is 10.0 Å². The average Bonchev–Trinajstić information content (AvgIpc) is 2.97. The van der Waals surface area contributed by atoms with Gasteiger partial charge in [-0.05, 0) is 65.2 Å². The lowest BCUT2D eigenvalue weighted by molar-refractivity contribution is 0.414. The molecule has 5 aromatic rings. The van der Waals surface area contributed by atoms with Crippen LogP contribution >= 0.6 is 0 Å². The number of halogens is 1. The standard InChI is InChI=1S/C30H27FN4O3S/c1-35(39(36,37)26-12-10-25(38-2)11-13-26)19-24-16-22(8-14-28(24)31)23-9-15-29-27(17-23)30(34-20-33-29)32-18-21-6-4-3-5-7-21/h3-17,20H,18-19H2,1-2H3,(H,32,33,34). The van der Waals surface area contributed by atoms with Crippen molar-refractivity contribution in [3.8, 4) is 16.9 Å². The molecule has 0 saturated heterocycles. The first-order valence-electron chi connectivity index (χ1n) is 12.3. The summed E-state index contributed by atoms with van der Waals surface area (Å²) in [4.78, 5) is 8.91. The number of sulfonamides is 1. The second-order valence-corrected chi connectivity index (χ2v) is 11.1. The summed E-state index contributed by atoms with van der Waals surface area (Å²) in [6.45, 7) is 0.474. The van der Waals surface area contributed by atoms with Gasteiger partial charge in [-0.15, -0.1) is 0 Å². The van der Waals surface area contributed by atoms with E-state index < -0.39 is 15.8 Å². The molecule has 7 nitrogen and oxygen atoms in total. The molecule has 0 amide bonds. The van der Waals surface area contributed by atoms with Crippen LogP contribution in [-0.4, -0.2) is 36.8 Å². The molecule has 4 aromatic carbocycles. The highest BCUT2D eigenvalue weighted by atomic mass is 32.2. The van der Waals surface area contributed by atoms with Crippen molar-refractivity contribution in [2.45, 2.75) is 18.0 Å². The van der Waals surface area contributed by atoms with Crippen molar-refractivity contribution >= 4 is 26.7 Å². The fourth-order valence-corrected chi connectivity index (χ4v) is 5.44. The molecule has 0 bridgehead atoms. The van der Waals surface area contributed by atoms with Crippen LogP contribution in [0, 0.1) is 5.82 Å². The quantitative estimate of drug-likeness (QED) is 0.251. The lowest BCUT2D eigenvalue weighted by atomic mass is 10.0. The zero-order valence-electron chi connectivity index (χ0n) is 21.5. The molecule has 5 rings (SSSR count). The van der Waals surface area contributed by atoms with Gasteiger partial charge in [-0.2, -0.15) is 4.31 Å². The van der Waals surface area contributed by atoms with E-state index in [4.69, 9.17) is 4.74 Å². The van der Waals surface area contributed by atoms with Crippen molar-refractivity contribution in [2.75, 3.05) is 19.5 Å². The van der Waals surface area contributed by atoms with Gasteiger partial charge in [0.05, 0.1) is 17.5 Å². The lowest BCUT2D eigenvalue weighted by Gasteiger charge is -2.18. The highest BCUT2D eigenvalue weighted by Gasteiger charge is 2.22. The Balaban J connectivity index is 1.41. The summed E-state index contributed by atoms with van der Waals surface area (Å²) in [6, 6.07) is 26.6. The maximum atomic E-state index is 14.8. The Morgan fingerprint density at radius 1 is 0.897 bits per heavy atom. The van der Waals surface area contributed by atoms with E-state index in [0.717, 1.165) is 31.9 Å². The maximum Gasteiger partial charge on any atom is 0.243 e. The number of rotatable bonds is 9. The molecule has 0 unspecified atom stereocenters. The van der Waals surface area contributed by atoms with E-state index in [0.29, 0.717) is 18.1 Å². The summed E-state index contributed by atoms with van der Waals surface area (Å²) < 4.78 is 47.3. The molecule has 0 aliphatic heterocycles. The molecular weight excluding hydrogens is 515 g/mol. The first kappa shape index (κ1) is 26.3. The Morgan fingerprint density at radius 2 is 1.62 bits per heavy atom. The molecule has 198 valence electrons. The number of aromatic nitrogens is 2. The third kappa shape index (κ3) is 5.74. The lowest BCUT2D eigenvalue weighted by Crippen LogP contribution is -2.27. The summed E-state index contributed by atoms with van der Waals surface area (Å²) in [5.74, 6) is 0.762. The number of fused-ring (bicyclic) bond motifs is 1. The third-order valence-electron chi connectivity index (χ3n) is 6.48. The molecule has 1 N–H and O–H groups in total. The molecule has 0 fully saturated rings. The van der Waals surface area contributed by atoms with Gasteiger partial charge in [-0.1, -0.05) is 42.5 Å². The highest BCUT2D eigenvalue weighted by molar-refractivity contribution is 7.89. The summed E-state index contributed by atoms with van der Waals surface area (Å²) in [5, 5.41) is 4.21. The number of methoxy groups -OCH3 is 1. The van der Waals surface area contributed by atoms with Crippen LogP contribution in [0.1, 0.15) is 11.1 Å². The largest absolute Gasteiger partial charge is 0.497 e. The first-order valence-corrected chi connectivity index (χ1v) is 13.7. The molecule has 39 heavy (non-hydrogen) atoms. The van der Waals surface area contributed by atoms with Gasteiger partial charge in [0.1, 0.15) is 23.7 Å². The van der Waals surface area contributed by atoms with Crippen LogP contribution in [0.3, 0.4) is 0 Å². The van der Waals surface area contributed by atoms with Crippen molar-refractivity contribution in [1.82, 2.24) is 14.3 Å². The van der Waals surface area contributed by atoms with Crippen LogP contribution in [0.15, 0.2) is 102 Å². The second-order valence-electron chi connectivity index (χ2n) is 9.04. The number of ether oxygens (including phenoxy) is 1. The van der Waals surface area contributed by atoms with Crippen LogP contribution in [0.2, 0.25) is 0 Å². The predicted molar refractivity (Wildman–Crippen MR) is 150 cm³/mol. The van der Waals surface area contributed by atoms with Crippen LogP contribution in [-0.2, 0) is 23.1 Å². The van der Waals surface area contributed by atoms with E-state index in [2.05, 4.69) is 15.3 Å². The predicted octanol–water partition coefficient (Wildman–Crippen LogP) is 5.88. The number of nitrogens with one attached hydrogen (secondary N) is 1. The Kier molecular flexibility index (Phi) is 7.53. The molecule has 0 aliphatic carbocycles. The number of anilines is 1. The van der Waals surface area contributed by atoms with Gasteiger partial charge in [-0.3, -0.25) is 0 Å². The maximum absolute atomic E-state index is 14.8. The SMILES string of the molecule is COc1ccc(S(=O)(=O)N(C)Cc2cc(-c3ccc4ncnc(NCc5ccccc5)c4c3)ccc2F)cc1. The van der Waals surface area contributed by atoms with Gasteiger partial charge in [0, 0.05) is 31.1 Å². The van der Waals surface area contributed by atoms with Crippen LogP contribution in [0.25, 0.3) is 22.0 Å². The van der Waals surface area contributed by atoms with Crippen molar-refractivity contribution < 1.29 is 17.5 Å². The van der Waals surface area contributed by atoms with Gasteiger partial charge in [-0.25, -0.2) is 22.8 Å². The average molecular weight is 543 g/mol. The van der Waals surface area contributed by atoms with Crippen LogP contribution in [0.4, 0.5) is 10.2 Å². The first-order chi connectivity index (χ1) is 18.8.